The lowest BCUT2D eigenvalue weighted by molar-refractivity contribution is -0.115. The largest absolute Gasteiger partial charge is 0.373 e. The highest BCUT2D eigenvalue weighted by molar-refractivity contribution is 4.78. The third-order valence-corrected chi connectivity index (χ3v) is 3.00. The van der Waals surface area contributed by atoms with Gasteiger partial charge in [0.2, 0.25) is 0 Å². The van der Waals surface area contributed by atoms with E-state index in [1.165, 1.54) is 6.42 Å². The summed E-state index contributed by atoms with van der Waals surface area (Å²) in [4.78, 5) is 0. The molecule has 0 aromatic carbocycles. The second-order valence-corrected chi connectivity index (χ2v) is 7.37. The van der Waals surface area contributed by atoms with E-state index in [1.54, 1.807) is 0 Å². The summed E-state index contributed by atoms with van der Waals surface area (Å²) >= 11 is 0. The number of rotatable bonds is 4. The lowest BCUT2D eigenvalue weighted by Crippen LogP contribution is -2.44. The molecular formula is C15H31NO2. The summed E-state index contributed by atoms with van der Waals surface area (Å²) in [6, 6.07) is 0. The average molecular weight is 257 g/mol. The summed E-state index contributed by atoms with van der Waals surface area (Å²) in [6.45, 7) is 14.5. The zero-order valence-electron chi connectivity index (χ0n) is 13.0. The monoisotopic (exact) mass is 257 g/mol. The van der Waals surface area contributed by atoms with Crippen molar-refractivity contribution in [2.75, 3.05) is 13.2 Å². The highest BCUT2D eigenvalue weighted by atomic mass is 16.5. The van der Waals surface area contributed by atoms with E-state index in [0.29, 0.717) is 6.10 Å². The van der Waals surface area contributed by atoms with Crippen molar-refractivity contribution in [1.82, 2.24) is 5.32 Å². The van der Waals surface area contributed by atoms with Crippen molar-refractivity contribution in [1.29, 1.82) is 0 Å². The third-order valence-electron chi connectivity index (χ3n) is 3.00. The van der Waals surface area contributed by atoms with Crippen LogP contribution in [0.1, 0.15) is 60.8 Å². The quantitative estimate of drug-likeness (QED) is 0.839. The van der Waals surface area contributed by atoms with Crippen LogP contribution in [0.25, 0.3) is 0 Å². The molecule has 1 fully saturated rings. The van der Waals surface area contributed by atoms with Crippen molar-refractivity contribution < 1.29 is 9.47 Å². The molecule has 0 aromatic heterocycles. The van der Waals surface area contributed by atoms with Crippen LogP contribution in [0.15, 0.2) is 0 Å². The van der Waals surface area contributed by atoms with Crippen LogP contribution in [0, 0.1) is 0 Å². The third kappa shape index (κ3) is 7.34. The van der Waals surface area contributed by atoms with Gasteiger partial charge in [0.25, 0.3) is 0 Å². The van der Waals surface area contributed by atoms with Crippen LogP contribution in [0.2, 0.25) is 0 Å². The molecule has 0 radical (unpaired) electrons. The Balaban J connectivity index is 2.28. The Kier molecular flexibility index (Phi) is 5.63. The maximum Gasteiger partial charge on any atom is 0.0813 e. The smallest absolute Gasteiger partial charge is 0.0813 e. The standard InChI is InChI=1S/C15H31NO2/c1-14(2,3)16-10-12-8-7-9-13(18-12)11-17-15(4,5)6/h12-13,16H,7-11H2,1-6H3. The molecule has 1 heterocycles. The SMILES string of the molecule is CC(C)(C)NCC1CCCC(COC(C)(C)C)O1. The van der Waals surface area contributed by atoms with Crippen LogP contribution in [0.4, 0.5) is 0 Å². The zero-order chi connectivity index (χ0) is 13.8. The Hall–Kier alpha value is -0.120. The van der Waals surface area contributed by atoms with E-state index < -0.39 is 0 Å². The second kappa shape index (κ2) is 6.36. The van der Waals surface area contributed by atoms with E-state index in [-0.39, 0.29) is 17.2 Å². The Morgan fingerprint density at radius 1 is 1.06 bits per heavy atom. The van der Waals surface area contributed by atoms with Gasteiger partial charge in [0.1, 0.15) is 0 Å². The molecule has 0 aliphatic carbocycles. The molecule has 18 heavy (non-hydrogen) atoms. The van der Waals surface area contributed by atoms with Crippen molar-refractivity contribution in [3.8, 4) is 0 Å². The molecule has 1 rings (SSSR count). The van der Waals surface area contributed by atoms with Gasteiger partial charge in [-0.2, -0.15) is 0 Å². The minimum Gasteiger partial charge on any atom is -0.373 e. The summed E-state index contributed by atoms with van der Waals surface area (Å²) < 4.78 is 11.9. The normalized spacial score (nSPS) is 26.3. The van der Waals surface area contributed by atoms with Gasteiger partial charge in [0, 0.05) is 12.1 Å². The van der Waals surface area contributed by atoms with Gasteiger partial charge in [0.15, 0.2) is 0 Å². The number of hydrogen-bond acceptors (Lipinski definition) is 3. The Bertz CT molecular complexity index is 216. The zero-order valence-corrected chi connectivity index (χ0v) is 13.0. The van der Waals surface area contributed by atoms with Gasteiger partial charge in [-0.25, -0.2) is 0 Å². The van der Waals surface area contributed by atoms with Crippen molar-refractivity contribution in [2.45, 2.75) is 84.2 Å². The summed E-state index contributed by atoms with van der Waals surface area (Å²) in [6.07, 6.45) is 4.14. The molecule has 3 nitrogen and oxygen atoms in total. The topological polar surface area (TPSA) is 30.5 Å². The van der Waals surface area contributed by atoms with Crippen LogP contribution < -0.4 is 5.32 Å². The van der Waals surface area contributed by atoms with Crippen molar-refractivity contribution >= 4 is 0 Å². The molecular weight excluding hydrogens is 226 g/mol. The molecule has 0 bridgehead atoms. The molecule has 0 amide bonds. The van der Waals surface area contributed by atoms with E-state index in [1.807, 2.05) is 0 Å². The highest BCUT2D eigenvalue weighted by Crippen LogP contribution is 2.21. The van der Waals surface area contributed by atoms with Crippen LogP contribution >= 0.6 is 0 Å². The fourth-order valence-electron chi connectivity index (χ4n) is 2.02. The van der Waals surface area contributed by atoms with Gasteiger partial charge in [0.05, 0.1) is 24.4 Å². The van der Waals surface area contributed by atoms with Crippen LogP contribution in [0.5, 0.6) is 0 Å². The van der Waals surface area contributed by atoms with Gasteiger partial charge in [-0.3, -0.25) is 0 Å². The van der Waals surface area contributed by atoms with E-state index in [4.69, 9.17) is 9.47 Å². The van der Waals surface area contributed by atoms with Gasteiger partial charge in [-0.1, -0.05) is 0 Å². The van der Waals surface area contributed by atoms with E-state index in [0.717, 1.165) is 26.0 Å². The predicted octanol–water partition coefficient (Wildman–Crippen LogP) is 3.13. The fourth-order valence-corrected chi connectivity index (χ4v) is 2.02. The summed E-state index contributed by atoms with van der Waals surface area (Å²) in [5, 5.41) is 3.52. The molecule has 1 saturated heterocycles. The molecule has 0 aromatic rings. The molecule has 1 N–H and O–H groups in total. The fraction of sp³-hybridized carbons (Fsp3) is 1.00. The Labute approximate surface area is 113 Å². The molecule has 3 heteroatoms. The minimum absolute atomic E-state index is 0.0695. The average Bonchev–Trinajstić information content (AvgIpc) is 2.22. The first-order chi connectivity index (χ1) is 8.16. The number of ether oxygens (including phenoxy) is 2. The van der Waals surface area contributed by atoms with Gasteiger partial charge >= 0.3 is 0 Å². The van der Waals surface area contributed by atoms with Crippen molar-refractivity contribution in [3.63, 3.8) is 0 Å². The van der Waals surface area contributed by atoms with Crippen molar-refractivity contribution in [2.24, 2.45) is 0 Å². The molecule has 1 aliphatic rings. The van der Waals surface area contributed by atoms with Gasteiger partial charge in [-0.05, 0) is 60.8 Å². The lowest BCUT2D eigenvalue weighted by Gasteiger charge is -2.33. The van der Waals surface area contributed by atoms with E-state index in [2.05, 4.69) is 46.9 Å². The second-order valence-electron chi connectivity index (χ2n) is 7.37. The first-order valence-electron chi connectivity index (χ1n) is 7.20. The van der Waals surface area contributed by atoms with Crippen molar-refractivity contribution in [3.05, 3.63) is 0 Å². The Morgan fingerprint density at radius 2 is 1.67 bits per heavy atom. The molecule has 108 valence electrons. The minimum atomic E-state index is -0.0695. The van der Waals surface area contributed by atoms with Crippen LogP contribution in [-0.4, -0.2) is 36.5 Å². The predicted molar refractivity (Wildman–Crippen MR) is 76.0 cm³/mol. The molecule has 2 unspecified atom stereocenters. The van der Waals surface area contributed by atoms with Crippen LogP contribution in [-0.2, 0) is 9.47 Å². The van der Waals surface area contributed by atoms with Crippen LogP contribution in [0.3, 0.4) is 0 Å². The van der Waals surface area contributed by atoms with Gasteiger partial charge < -0.3 is 14.8 Å². The first-order valence-corrected chi connectivity index (χ1v) is 7.20. The van der Waals surface area contributed by atoms with E-state index in [9.17, 15) is 0 Å². The Morgan fingerprint density at radius 3 is 2.22 bits per heavy atom. The molecule has 0 saturated carbocycles. The number of hydrogen-bond donors (Lipinski definition) is 1. The summed E-state index contributed by atoms with van der Waals surface area (Å²) in [5.41, 5.74) is 0.0954. The number of nitrogens with one attached hydrogen (secondary N) is 1. The maximum absolute atomic E-state index is 6.09. The molecule has 0 spiro atoms. The van der Waals surface area contributed by atoms with Gasteiger partial charge in [-0.15, -0.1) is 0 Å². The summed E-state index contributed by atoms with van der Waals surface area (Å²) in [7, 11) is 0. The first kappa shape index (κ1) is 15.9. The highest BCUT2D eigenvalue weighted by Gasteiger charge is 2.25. The van der Waals surface area contributed by atoms with E-state index >= 15 is 0 Å². The molecule has 1 aliphatic heterocycles. The summed E-state index contributed by atoms with van der Waals surface area (Å²) in [5.74, 6) is 0. The lowest BCUT2D eigenvalue weighted by atomic mass is 10.0. The maximum atomic E-state index is 6.09. The molecule has 2 atom stereocenters.